The average Bonchev–Trinajstić information content (AvgIpc) is 2.26. The molecule has 0 aliphatic rings. The highest BCUT2D eigenvalue weighted by atomic mass is 19.4. The Balaban J connectivity index is 2.82. The number of hydrogen-bond donors (Lipinski definition) is 1. The van der Waals surface area contributed by atoms with Crippen LogP contribution in [0.4, 0.5) is 13.2 Å². The second-order valence-electron chi connectivity index (χ2n) is 4.39. The third-order valence-corrected chi connectivity index (χ3v) is 2.61. The molecule has 2 nitrogen and oxygen atoms in total. The fourth-order valence-corrected chi connectivity index (χ4v) is 1.59. The van der Waals surface area contributed by atoms with Gasteiger partial charge in [0.2, 0.25) is 0 Å². The molecule has 0 bridgehead atoms. The van der Waals surface area contributed by atoms with Gasteiger partial charge < -0.3 is 10.5 Å². The molecule has 1 aromatic carbocycles. The van der Waals surface area contributed by atoms with Gasteiger partial charge in [0.05, 0.1) is 0 Å². The molecule has 0 aliphatic heterocycles. The monoisotopic (exact) mass is 261 g/mol. The van der Waals surface area contributed by atoms with Crippen molar-refractivity contribution >= 4 is 0 Å². The van der Waals surface area contributed by atoms with Crippen molar-refractivity contribution < 1.29 is 17.9 Å². The Morgan fingerprint density at radius 3 is 2.56 bits per heavy atom. The number of nitrogens with two attached hydrogens (primary N) is 1. The summed E-state index contributed by atoms with van der Waals surface area (Å²) < 4.78 is 41.2. The summed E-state index contributed by atoms with van der Waals surface area (Å²) in [7, 11) is 0. The number of aryl methyl sites for hydroxylation is 1. The molecule has 0 radical (unpaired) electrons. The van der Waals surface area contributed by atoms with Gasteiger partial charge in [0.1, 0.15) is 5.75 Å². The van der Waals surface area contributed by atoms with Gasteiger partial charge in [0.25, 0.3) is 0 Å². The van der Waals surface area contributed by atoms with Gasteiger partial charge in [0, 0.05) is 6.04 Å². The Morgan fingerprint density at radius 1 is 1.33 bits per heavy atom. The van der Waals surface area contributed by atoms with Gasteiger partial charge in [-0.1, -0.05) is 24.6 Å². The fourth-order valence-electron chi connectivity index (χ4n) is 1.59. The third kappa shape index (κ3) is 4.96. The predicted octanol–water partition coefficient (Wildman–Crippen LogP) is 3.22. The number of benzene rings is 1. The Hall–Kier alpha value is -1.23. The molecule has 0 saturated carbocycles. The van der Waals surface area contributed by atoms with E-state index >= 15 is 0 Å². The summed E-state index contributed by atoms with van der Waals surface area (Å²) in [6.45, 7) is 2.55. The first kappa shape index (κ1) is 14.8. The molecule has 0 heterocycles. The van der Waals surface area contributed by atoms with Crippen molar-refractivity contribution in [1.29, 1.82) is 0 Å². The van der Waals surface area contributed by atoms with Crippen molar-refractivity contribution in [2.45, 2.75) is 38.9 Å². The van der Waals surface area contributed by atoms with Crippen molar-refractivity contribution in [3.05, 3.63) is 29.3 Å². The van der Waals surface area contributed by atoms with Crippen LogP contribution in [0.1, 0.15) is 24.5 Å². The molecule has 0 aromatic heterocycles. The van der Waals surface area contributed by atoms with Crippen LogP contribution < -0.4 is 10.5 Å². The summed E-state index contributed by atoms with van der Waals surface area (Å²) in [5.41, 5.74) is 7.54. The van der Waals surface area contributed by atoms with Gasteiger partial charge in [-0.3, -0.25) is 0 Å². The van der Waals surface area contributed by atoms with Crippen LogP contribution in [0.25, 0.3) is 0 Å². The zero-order valence-electron chi connectivity index (χ0n) is 10.6. The first-order valence-corrected chi connectivity index (χ1v) is 5.86. The fraction of sp³-hybridized carbons (Fsp3) is 0.538. The summed E-state index contributed by atoms with van der Waals surface area (Å²) in [6.07, 6.45) is -3.03. The van der Waals surface area contributed by atoms with Gasteiger partial charge in [-0.05, 0) is 31.4 Å². The molecule has 0 aliphatic carbocycles. The summed E-state index contributed by atoms with van der Waals surface area (Å²) in [6, 6.07) is 5.05. The second kappa shape index (κ2) is 6.09. The normalized spacial score (nSPS) is 13.4. The maximum Gasteiger partial charge on any atom is 0.422 e. The van der Waals surface area contributed by atoms with E-state index in [0.29, 0.717) is 6.42 Å². The highest BCUT2D eigenvalue weighted by Gasteiger charge is 2.28. The number of rotatable bonds is 5. The lowest BCUT2D eigenvalue weighted by Crippen LogP contribution is -2.23. The van der Waals surface area contributed by atoms with E-state index in [1.165, 1.54) is 0 Å². The lowest BCUT2D eigenvalue weighted by atomic mass is 10.0. The maximum atomic E-state index is 12.1. The third-order valence-electron chi connectivity index (χ3n) is 2.61. The summed E-state index contributed by atoms with van der Waals surface area (Å²) in [5.74, 6) is 0.266. The SMILES string of the molecule is CCC(N)Cc1cc(C)ccc1OCC(F)(F)F. The molecule has 18 heavy (non-hydrogen) atoms. The summed E-state index contributed by atoms with van der Waals surface area (Å²) in [5, 5.41) is 0. The van der Waals surface area contributed by atoms with Crippen molar-refractivity contribution in [2.24, 2.45) is 5.73 Å². The molecule has 0 spiro atoms. The van der Waals surface area contributed by atoms with Crippen LogP contribution in [0.15, 0.2) is 18.2 Å². The van der Waals surface area contributed by atoms with Crippen LogP contribution >= 0.6 is 0 Å². The molecule has 1 atom stereocenters. The zero-order chi connectivity index (χ0) is 13.8. The number of hydrogen-bond acceptors (Lipinski definition) is 2. The number of ether oxygens (including phenoxy) is 1. The molecule has 0 saturated heterocycles. The van der Waals surface area contributed by atoms with Crippen LogP contribution in [0.2, 0.25) is 0 Å². The van der Waals surface area contributed by atoms with E-state index in [4.69, 9.17) is 10.5 Å². The minimum atomic E-state index is -4.32. The minimum absolute atomic E-state index is 0.0694. The lowest BCUT2D eigenvalue weighted by Gasteiger charge is -2.16. The standard InChI is InChI=1S/C13H18F3NO/c1-3-11(17)7-10-6-9(2)4-5-12(10)18-8-13(14,15)16/h4-6,11H,3,7-8,17H2,1-2H3. The molecule has 102 valence electrons. The Labute approximate surface area is 105 Å². The van der Waals surface area contributed by atoms with Gasteiger partial charge in [-0.2, -0.15) is 13.2 Å². The van der Waals surface area contributed by atoms with E-state index in [2.05, 4.69) is 0 Å². The lowest BCUT2D eigenvalue weighted by molar-refractivity contribution is -0.153. The maximum absolute atomic E-state index is 12.1. The van der Waals surface area contributed by atoms with Crippen LogP contribution in [0.5, 0.6) is 5.75 Å². The Kier molecular flexibility index (Phi) is 5.02. The molecule has 0 amide bonds. The molecule has 5 heteroatoms. The van der Waals surface area contributed by atoms with Crippen molar-refractivity contribution in [3.63, 3.8) is 0 Å². The van der Waals surface area contributed by atoms with Gasteiger partial charge in [-0.15, -0.1) is 0 Å². The molecule has 2 N–H and O–H groups in total. The van der Waals surface area contributed by atoms with Crippen molar-refractivity contribution in [2.75, 3.05) is 6.61 Å². The van der Waals surface area contributed by atoms with Crippen molar-refractivity contribution in [1.82, 2.24) is 0 Å². The van der Waals surface area contributed by atoms with Crippen LogP contribution in [0.3, 0.4) is 0 Å². The summed E-state index contributed by atoms with van der Waals surface area (Å²) >= 11 is 0. The Bertz CT molecular complexity index is 390. The van der Waals surface area contributed by atoms with Gasteiger partial charge >= 0.3 is 6.18 Å². The second-order valence-corrected chi connectivity index (χ2v) is 4.39. The molecule has 1 aromatic rings. The van der Waals surface area contributed by atoms with Crippen molar-refractivity contribution in [3.8, 4) is 5.75 Å². The molecular weight excluding hydrogens is 243 g/mol. The van der Waals surface area contributed by atoms with E-state index in [1.807, 2.05) is 19.9 Å². The average molecular weight is 261 g/mol. The first-order valence-electron chi connectivity index (χ1n) is 5.86. The van der Waals surface area contributed by atoms with E-state index < -0.39 is 12.8 Å². The number of halogens is 3. The topological polar surface area (TPSA) is 35.2 Å². The van der Waals surface area contributed by atoms with E-state index in [1.54, 1.807) is 12.1 Å². The summed E-state index contributed by atoms with van der Waals surface area (Å²) in [4.78, 5) is 0. The smallest absolute Gasteiger partial charge is 0.422 e. The van der Waals surface area contributed by atoms with Gasteiger partial charge in [0.15, 0.2) is 6.61 Å². The largest absolute Gasteiger partial charge is 0.484 e. The first-order chi connectivity index (χ1) is 8.31. The molecule has 0 fully saturated rings. The quantitative estimate of drug-likeness (QED) is 0.883. The van der Waals surface area contributed by atoms with Crippen LogP contribution in [-0.4, -0.2) is 18.8 Å². The van der Waals surface area contributed by atoms with E-state index in [0.717, 1.165) is 17.5 Å². The zero-order valence-corrected chi connectivity index (χ0v) is 10.6. The van der Waals surface area contributed by atoms with Gasteiger partial charge in [-0.25, -0.2) is 0 Å². The van der Waals surface area contributed by atoms with E-state index in [9.17, 15) is 13.2 Å². The highest BCUT2D eigenvalue weighted by Crippen LogP contribution is 2.24. The van der Waals surface area contributed by atoms with Crippen LogP contribution in [-0.2, 0) is 6.42 Å². The van der Waals surface area contributed by atoms with Crippen LogP contribution in [0, 0.1) is 6.92 Å². The molecule has 1 unspecified atom stereocenters. The molecule has 1 rings (SSSR count). The number of alkyl halides is 3. The minimum Gasteiger partial charge on any atom is -0.484 e. The Morgan fingerprint density at radius 2 is 2.00 bits per heavy atom. The highest BCUT2D eigenvalue weighted by molar-refractivity contribution is 5.37. The predicted molar refractivity (Wildman–Crippen MR) is 64.7 cm³/mol. The van der Waals surface area contributed by atoms with E-state index in [-0.39, 0.29) is 11.8 Å². The molecular formula is C13H18F3NO.